The van der Waals surface area contributed by atoms with Crippen LogP contribution in [0.5, 0.6) is 0 Å². The van der Waals surface area contributed by atoms with Crippen molar-refractivity contribution in [1.29, 1.82) is 0 Å². The number of aliphatic carboxylic acids is 1. The lowest BCUT2D eigenvalue weighted by molar-refractivity contribution is -0.139. The van der Waals surface area contributed by atoms with E-state index in [4.69, 9.17) is 10.8 Å². The van der Waals surface area contributed by atoms with Crippen molar-refractivity contribution in [2.75, 3.05) is 0 Å². The van der Waals surface area contributed by atoms with Gasteiger partial charge in [0.05, 0.1) is 12.5 Å². The summed E-state index contributed by atoms with van der Waals surface area (Å²) in [6.07, 6.45) is -0.414. The number of hydrazine groups is 1. The van der Waals surface area contributed by atoms with Gasteiger partial charge in [-0.3, -0.25) is 15.0 Å². The smallest absolute Gasteiger partial charge is 0.305 e. The summed E-state index contributed by atoms with van der Waals surface area (Å²) < 4.78 is 0. The third-order valence-electron chi connectivity index (χ3n) is 0.874. The molecule has 0 aliphatic carbocycles. The average Bonchev–Trinajstić information content (AvgIpc) is 1.85. The van der Waals surface area contributed by atoms with Crippen molar-refractivity contribution in [3.63, 3.8) is 0 Å². The molecule has 0 aliphatic rings. The van der Waals surface area contributed by atoms with Crippen LogP contribution in [-0.4, -0.2) is 23.0 Å². The van der Waals surface area contributed by atoms with Crippen LogP contribution in [0.2, 0.25) is 0 Å². The molecule has 0 radical (unpaired) electrons. The SMILES string of the molecule is NNC(=O)[C@H](N)CC(=O)O. The topological polar surface area (TPSA) is 118 Å². The summed E-state index contributed by atoms with van der Waals surface area (Å²) in [5.74, 6) is 2.87. The molecule has 0 bridgehead atoms. The first kappa shape index (κ1) is 8.86. The van der Waals surface area contributed by atoms with Gasteiger partial charge in [-0.1, -0.05) is 0 Å². The fourth-order valence-corrected chi connectivity index (χ4v) is 0.388. The van der Waals surface area contributed by atoms with Gasteiger partial charge in [-0.05, 0) is 0 Å². The van der Waals surface area contributed by atoms with Gasteiger partial charge in [0.2, 0.25) is 0 Å². The molecule has 0 aromatic heterocycles. The van der Waals surface area contributed by atoms with Gasteiger partial charge in [-0.25, -0.2) is 5.84 Å². The molecule has 0 saturated carbocycles. The molecule has 0 heterocycles. The minimum absolute atomic E-state index is 0.414. The molecule has 0 aromatic carbocycles. The number of carbonyl (C=O) groups is 2. The van der Waals surface area contributed by atoms with Crippen LogP contribution in [0.15, 0.2) is 0 Å². The third-order valence-corrected chi connectivity index (χ3v) is 0.874. The lowest BCUT2D eigenvalue weighted by Crippen LogP contribution is -2.44. The molecule has 10 heavy (non-hydrogen) atoms. The molecule has 0 aromatic rings. The fraction of sp³-hybridized carbons (Fsp3) is 0.500. The molecule has 6 nitrogen and oxygen atoms in total. The molecule has 0 spiro atoms. The van der Waals surface area contributed by atoms with Crippen LogP contribution in [-0.2, 0) is 9.59 Å². The van der Waals surface area contributed by atoms with Crippen molar-refractivity contribution >= 4 is 11.9 Å². The molecular formula is C4H9N3O3. The van der Waals surface area contributed by atoms with Gasteiger partial charge in [0, 0.05) is 0 Å². The van der Waals surface area contributed by atoms with Gasteiger partial charge in [-0.15, -0.1) is 0 Å². The number of rotatable bonds is 3. The van der Waals surface area contributed by atoms with Crippen LogP contribution >= 0.6 is 0 Å². The number of hydrogen-bond acceptors (Lipinski definition) is 4. The van der Waals surface area contributed by atoms with Crippen LogP contribution < -0.4 is 17.0 Å². The summed E-state index contributed by atoms with van der Waals surface area (Å²) in [6.45, 7) is 0. The molecule has 1 atom stereocenters. The van der Waals surface area contributed by atoms with Crippen molar-refractivity contribution in [2.24, 2.45) is 11.6 Å². The van der Waals surface area contributed by atoms with Gasteiger partial charge in [-0.2, -0.15) is 0 Å². The molecule has 58 valence electrons. The standard InChI is InChI=1S/C4H9N3O3/c5-2(1-3(8)9)4(10)7-6/h2H,1,5-6H2,(H,7,10)(H,8,9)/t2-/m1/s1. The summed E-state index contributed by atoms with van der Waals surface area (Å²) >= 11 is 0. The summed E-state index contributed by atoms with van der Waals surface area (Å²) in [5, 5.41) is 8.13. The van der Waals surface area contributed by atoms with Crippen LogP contribution in [0.3, 0.4) is 0 Å². The Morgan fingerprint density at radius 2 is 2.10 bits per heavy atom. The van der Waals surface area contributed by atoms with Crippen molar-refractivity contribution in [1.82, 2.24) is 5.43 Å². The van der Waals surface area contributed by atoms with E-state index >= 15 is 0 Å². The van der Waals surface area contributed by atoms with Gasteiger partial charge < -0.3 is 10.8 Å². The van der Waals surface area contributed by atoms with E-state index < -0.39 is 24.3 Å². The van der Waals surface area contributed by atoms with Crippen molar-refractivity contribution in [2.45, 2.75) is 12.5 Å². The van der Waals surface area contributed by atoms with E-state index in [1.165, 1.54) is 0 Å². The summed E-state index contributed by atoms with van der Waals surface area (Å²) in [4.78, 5) is 20.4. The predicted octanol–water partition coefficient (Wildman–Crippen LogP) is -2.22. The van der Waals surface area contributed by atoms with E-state index in [1.807, 2.05) is 0 Å². The fourth-order valence-electron chi connectivity index (χ4n) is 0.388. The second kappa shape index (κ2) is 3.80. The predicted molar refractivity (Wildman–Crippen MR) is 32.6 cm³/mol. The molecule has 6 heteroatoms. The number of carbonyl (C=O) groups excluding carboxylic acids is 1. The zero-order valence-electron chi connectivity index (χ0n) is 5.20. The second-order valence-electron chi connectivity index (χ2n) is 1.71. The number of nitrogens with two attached hydrogens (primary N) is 2. The Hall–Kier alpha value is -1.14. The number of carboxylic acids is 1. The number of hydrogen-bond donors (Lipinski definition) is 4. The van der Waals surface area contributed by atoms with Crippen LogP contribution in [0.1, 0.15) is 6.42 Å². The van der Waals surface area contributed by atoms with E-state index in [0.29, 0.717) is 0 Å². The Kier molecular flexibility index (Phi) is 3.37. The number of carboxylic acid groups (broad SMARTS) is 1. The summed E-state index contributed by atoms with van der Waals surface area (Å²) in [5.41, 5.74) is 6.80. The number of amides is 1. The second-order valence-corrected chi connectivity index (χ2v) is 1.71. The summed E-state index contributed by atoms with van der Waals surface area (Å²) in [7, 11) is 0. The molecule has 0 aliphatic heterocycles. The molecule has 0 saturated heterocycles. The van der Waals surface area contributed by atoms with E-state index in [0.717, 1.165) is 0 Å². The molecule has 1 amide bonds. The van der Waals surface area contributed by atoms with E-state index in [1.54, 1.807) is 5.43 Å². The highest BCUT2D eigenvalue weighted by Crippen LogP contribution is 1.85. The Morgan fingerprint density at radius 1 is 1.60 bits per heavy atom. The Morgan fingerprint density at radius 3 is 2.40 bits per heavy atom. The lowest BCUT2D eigenvalue weighted by Gasteiger charge is -2.04. The highest BCUT2D eigenvalue weighted by atomic mass is 16.4. The van der Waals surface area contributed by atoms with Gasteiger partial charge >= 0.3 is 5.97 Å². The average molecular weight is 147 g/mol. The highest BCUT2D eigenvalue weighted by Gasteiger charge is 2.14. The maximum absolute atomic E-state index is 10.4. The first-order valence-corrected chi connectivity index (χ1v) is 2.55. The van der Waals surface area contributed by atoms with E-state index in [-0.39, 0.29) is 0 Å². The number of nitrogens with one attached hydrogen (secondary N) is 1. The quantitative estimate of drug-likeness (QED) is 0.205. The molecular weight excluding hydrogens is 138 g/mol. The minimum atomic E-state index is -1.13. The van der Waals surface area contributed by atoms with Gasteiger partial charge in [0.15, 0.2) is 0 Å². The lowest BCUT2D eigenvalue weighted by atomic mass is 10.2. The van der Waals surface area contributed by atoms with E-state index in [2.05, 4.69) is 5.84 Å². The molecule has 0 unspecified atom stereocenters. The van der Waals surface area contributed by atoms with E-state index in [9.17, 15) is 9.59 Å². The minimum Gasteiger partial charge on any atom is -0.481 e. The Balaban J connectivity index is 3.72. The molecule has 0 rings (SSSR count). The van der Waals surface area contributed by atoms with Crippen LogP contribution in [0.4, 0.5) is 0 Å². The normalized spacial score (nSPS) is 12.2. The largest absolute Gasteiger partial charge is 0.481 e. The first-order chi connectivity index (χ1) is 4.57. The first-order valence-electron chi connectivity index (χ1n) is 2.55. The van der Waals surface area contributed by atoms with Crippen molar-refractivity contribution in [3.8, 4) is 0 Å². The van der Waals surface area contributed by atoms with Crippen molar-refractivity contribution < 1.29 is 14.7 Å². The monoisotopic (exact) mass is 147 g/mol. The van der Waals surface area contributed by atoms with Gasteiger partial charge in [0.25, 0.3) is 5.91 Å². The Labute approximate surface area is 57.2 Å². The highest BCUT2D eigenvalue weighted by molar-refractivity contribution is 5.85. The zero-order chi connectivity index (χ0) is 8.15. The van der Waals surface area contributed by atoms with Crippen molar-refractivity contribution in [3.05, 3.63) is 0 Å². The molecule has 6 N–H and O–H groups in total. The summed E-state index contributed by atoms with van der Waals surface area (Å²) in [6, 6.07) is -1.07. The Bertz CT molecular complexity index is 147. The maximum atomic E-state index is 10.4. The third kappa shape index (κ3) is 3.00. The zero-order valence-corrected chi connectivity index (χ0v) is 5.20. The maximum Gasteiger partial charge on any atom is 0.305 e. The van der Waals surface area contributed by atoms with Gasteiger partial charge in [0.1, 0.15) is 0 Å². The molecule has 0 fully saturated rings. The van der Waals surface area contributed by atoms with Crippen LogP contribution in [0.25, 0.3) is 0 Å². The van der Waals surface area contributed by atoms with Crippen LogP contribution in [0, 0.1) is 0 Å².